The fourth-order valence-electron chi connectivity index (χ4n) is 3.92. The van der Waals surface area contributed by atoms with Crippen molar-refractivity contribution in [3.05, 3.63) is 12.2 Å². The Morgan fingerprint density at radius 1 is 0.862 bits per heavy atom. The monoisotopic (exact) mass is 408 g/mol. The van der Waals surface area contributed by atoms with Crippen LogP contribution in [0, 0.1) is 17.3 Å². The van der Waals surface area contributed by atoms with Gasteiger partial charge in [-0.05, 0) is 37.5 Å². The van der Waals surface area contributed by atoms with Crippen molar-refractivity contribution in [3.8, 4) is 0 Å². The lowest BCUT2D eigenvalue weighted by Crippen LogP contribution is -2.31. The van der Waals surface area contributed by atoms with Gasteiger partial charge in [0.2, 0.25) is 5.78 Å². The van der Waals surface area contributed by atoms with Gasteiger partial charge in [-0.15, -0.1) is 0 Å². The minimum Gasteiger partial charge on any atom is -0.475 e. The predicted molar refractivity (Wildman–Crippen MR) is 124 cm³/mol. The quantitative estimate of drug-likeness (QED) is 0.134. The number of aliphatic carboxylic acids is 1. The van der Waals surface area contributed by atoms with Crippen LogP contribution in [0.1, 0.15) is 125 Å². The van der Waals surface area contributed by atoms with Crippen LogP contribution in [0.25, 0.3) is 0 Å². The smallest absolute Gasteiger partial charge is 0.372 e. The number of carboxylic acids is 1. The minimum atomic E-state index is -1.31. The Bertz CT molecular complexity index is 465. The highest BCUT2D eigenvalue weighted by Crippen LogP contribution is 2.31. The van der Waals surface area contributed by atoms with E-state index in [9.17, 15) is 9.59 Å². The number of ketones is 1. The zero-order valence-electron chi connectivity index (χ0n) is 20.0. The molecule has 2 atom stereocenters. The largest absolute Gasteiger partial charge is 0.475 e. The van der Waals surface area contributed by atoms with Crippen LogP contribution >= 0.6 is 0 Å². The van der Waals surface area contributed by atoms with E-state index in [1.807, 2.05) is 0 Å². The van der Waals surface area contributed by atoms with Gasteiger partial charge in [-0.1, -0.05) is 111 Å². The van der Waals surface area contributed by atoms with Crippen LogP contribution in [0.3, 0.4) is 0 Å². The van der Waals surface area contributed by atoms with Crippen molar-refractivity contribution in [2.24, 2.45) is 17.3 Å². The molecular formula is C26H48O3. The topological polar surface area (TPSA) is 54.4 Å². The van der Waals surface area contributed by atoms with Gasteiger partial charge >= 0.3 is 5.97 Å². The van der Waals surface area contributed by atoms with Crippen molar-refractivity contribution < 1.29 is 14.7 Å². The second-order valence-corrected chi connectivity index (χ2v) is 9.53. The van der Waals surface area contributed by atoms with E-state index in [1.165, 1.54) is 70.6 Å². The molecule has 0 rings (SSSR count). The van der Waals surface area contributed by atoms with Gasteiger partial charge in [-0.25, -0.2) is 4.79 Å². The number of hydrogen-bond donors (Lipinski definition) is 1. The first-order valence-corrected chi connectivity index (χ1v) is 12.2. The molecule has 0 saturated carbocycles. The summed E-state index contributed by atoms with van der Waals surface area (Å²) in [7, 11) is 0. The molecular weight excluding hydrogens is 360 g/mol. The average molecular weight is 409 g/mol. The van der Waals surface area contributed by atoms with Crippen molar-refractivity contribution in [2.75, 3.05) is 0 Å². The highest BCUT2D eigenvalue weighted by molar-refractivity contribution is 6.34. The second-order valence-electron chi connectivity index (χ2n) is 9.53. The maximum atomic E-state index is 12.0. The van der Waals surface area contributed by atoms with Crippen molar-refractivity contribution in [2.45, 2.75) is 125 Å². The first-order chi connectivity index (χ1) is 13.8. The van der Waals surface area contributed by atoms with Gasteiger partial charge in [0.15, 0.2) is 0 Å². The maximum Gasteiger partial charge on any atom is 0.372 e. The number of allylic oxidation sites excluding steroid dienone is 2. The van der Waals surface area contributed by atoms with E-state index in [0.717, 1.165) is 12.8 Å². The molecule has 0 radical (unpaired) electrons. The number of carbonyl (C=O) groups is 2. The van der Waals surface area contributed by atoms with Crippen LogP contribution in [0.5, 0.6) is 0 Å². The first-order valence-electron chi connectivity index (χ1n) is 12.2. The number of hydrogen-bond acceptors (Lipinski definition) is 2. The molecule has 170 valence electrons. The summed E-state index contributed by atoms with van der Waals surface area (Å²) in [5, 5.41) is 9.08. The molecule has 0 aliphatic rings. The van der Waals surface area contributed by atoms with E-state index >= 15 is 0 Å². The predicted octanol–water partition coefficient (Wildman–Crippen LogP) is 7.98. The standard InChI is InChI=1S/C26H48O3/c1-6-8-10-12-14-16-18-22(3)23(19-17-15-13-11-9-7-2)20-21-26(4,5)24(27)25(28)29/h17,19,22-23H,6-16,18,20-21H2,1-5H3,(H,28,29). The van der Waals surface area contributed by atoms with Gasteiger partial charge in [0, 0.05) is 5.41 Å². The Balaban J connectivity index is 4.67. The fraction of sp³-hybridized carbons (Fsp3) is 0.846. The van der Waals surface area contributed by atoms with Gasteiger partial charge in [0.1, 0.15) is 0 Å². The lowest BCUT2D eigenvalue weighted by molar-refractivity contribution is -0.153. The van der Waals surface area contributed by atoms with Crippen molar-refractivity contribution in [1.29, 1.82) is 0 Å². The molecule has 0 amide bonds. The molecule has 0 aromatic carbocycles. The molecule has 2 unspecified atom stereocenters. The number of carbonyl (C=O) groups excluding carboxylic acids is 1. The minimum absolute atomic E-state index is 0.428. The molecule has 0 heterocycles. The summed E-state index contributed by atoms with van der Waals surface area (Å²) in [6.45, 7) is 10.3. The molecule has 0 aromatic rings. The van der Waals surface area contributed by atoms with Gasteiger partial charge in [0.05, 0.1) is 0 Å². The third-order valence-corrected chi connectivity index (χ3v) is 6.26. The summed E-state index contributed by atoms with van der Waals surface area (Å²) in [6.07, 6.45) is 21.5. The van der Waals surface area contributed by atoms with E-state index in [2.05, 4.69) is 32.9 Å². The lowest BCUT2D eigenvalue weighted by atomic mass is 9.77. The van der Waals surface area contributed by atoms with Gasteiger partial charge in [-0.3, -0.25) is 4.79 Å². The Morgan fingerprint density at radius 3 is 2.00 bits per heavy atom. The van der Waals surface area contributed by atoms with E-state index < -0.39 is 17.2 Å². The van der Waals surface area contributed by atoms with E-state index in [4.69, 9.17) is 5.11 Å². The maximum absolute atomic E-state index is 12.0. The summed E-state index contributed by atoms with van der Waals surface area (Å²) in [5.74, 6) is -0.969. The SMILES string of the molecule is CCCCCCC=CC(CCC(C)(C)C(=O)C(=O)O)C(C)CCCCCCCC. The van der Waals surface area contributed by atoms with Crippen molar-refractivity contribution in [3.63, 3.8) is 0 Å². The molecule has 0 aliphatic carbocycles. The van der Waals surface area contributed by atoms with Crippen molar-refractivity contribution >= 4 is 11.8 Å². The van der Waals surface area contributed by atoms with E-state index in [1.54, 1.807) is 13.8 Å². The molecule has 0 aromatic heterocycles. The molecule has 1 N–H and O–H groups in total. The van der Waals surface area contributed by atoms with E-state index in [-0.39, 0.29) is 0 Å². The average Bonchev–Trinajstić information content (AvgIpc) is 2.68. The van der Waals surface area contributed by atoms with Crippen LogP contribution < -0.4 is 0 Å². The van der Waals surface area contributed by atoms with Crippen LogP contribution in [-0.2, 0) is 9.59 Å². The third-order valence-electron chi connectivity index (χ3n) is 6.26. The molecule has 0 bridgehead atoms. The summed E-state index contributed by atoms with van der Waals surface area (Å²) in [5.41, 5.74) is -0.793. The van der Waals surface area contributed by atoms with Crippen LogP contribution in [0.4, 0.5) is 0 Å². The molecule has 0 spiro atoms. The van der Waals surface area contributed by atoms with Gasteiger partial charge in [0.25, 0.3) is 0 Å². The normalized spacial score (nSPS) is 14.2. The Labute approximate surface area is 180 Å². The number of unbranched alkanes of at least 4 members (excludes halogenated alkanes) is 9. The van der Waals surface area contributed by atoms with Gasteiger partial charge in [-0.2, -0.15) is 0 Å². The first kappa shape index (κ1) is 27.9. The zero-order chi connectivity index (χ0) is 22.1. The molecule has 0 fully saturated rings. The second kappa shape index (κ2) is 16.7. The fourth-order valence-corrected chi connectivity index (χ4v) is 3.92. The summed E-state index contributed by atoms with van der Waals surface area (Å²) < 4.78 is 0. The summed E-state index contributed by atoms with van der Waals surface area (Å²) in [4.78, 5) is 23.1. The number of carboxylic acid groups (broad SMARTS) is 1. The highest BCUT2D eigenvalue weighted by atomic mass is 16.4. The molecule has 3 nitrogen and oxygen atoms in total. The Morgan fingerprint density at radius 2 is 1.41 bits per heavy atom. The summed E-state index contributed by atoms with van der Waals surface area (Å²) in [6, 6.07) is 0. The van der Waals surface area contributed by atoms with Crippen LogP contribution in [-0.4, -0.2) is 16.9 Å². The molecule has 29 heavy (non-hydrogen) atoms. The van der Waals surface area contributed by atoms with Gasteiger partial charge < -0.3 is 5.11 Å². The number of Topliss-reactive ketones (excluding diaryl/α,β-unsaturated/α-hetero) is 1. The van der Waals surface area contributed by atoms with Crippen LogP contribution in [0.15, 0.2) is 12.2 Å². The van der Waals surface area contributed by atoms with Crippen molar-refractivity contribution in [1.82, 2.24) is 0 Å². The molecule has 0 saturated heterocycles. The Hall–Kier alpha value is -1.12. The zero-order valence-corrected chi connectivity index (χ0v) is 20.0. The lowest BCUT2D eigenvalue weighted by Gasteiger charge is -2.26. The molecule has 3 heteroatoms. The highest BCUT2D eigenvalue weighted by Gasteiger charge is 2.33. The Kier molecular flexibility index (Phi) is 16.0. The number of rotatable bonds is 19. The molecule has 0 aliphatic heterocycles. The van der Waals surface area contributed by atoms with Crippen LogP contribution in [0.2, 0.25) is 0 Å². The third kappa shape index (κ3) is 13.7. The summed E-state index contributed by atoms with van der Waals surface area (Å²) >= 11 is 0. The van der Waals surface area contributed by atoms with E-state index in [0.29, 0.717) is 18.3 Å².